The van der Waals surface area contributed by atoms with Gasteiger partial charge in [0.2, 0.25) is 0 Å². The third kappa shape index (κ3) is 5.15. The predicted octanol–water partition coefficient (Wildman–Crippen LogP) is 5.65. The SMILES string of the molecule is CC(C)Oc1ccc(/C=C(/C(=O)NC2CCOc3ccccc32)c2ccccc2)cc1. The molecule has 1 aliphatic heterocycles. The lowest BCUT2D eigenvalue weighted by atomic mass is 9.98. The molecule has 0 spiro atoms. The Morgan fingerprint density at radius 2 is 1.71 bits per heavy atom. The number of nitrogens with one attached hydrogen (secondary N) is 1. The van der Waals surface area contributed by atoms with Gasteiger partial charge < -0.3 is 14.8 Å². The smallest absolute Gasteiger partial charge is 0.252 e. The molecule has 0 fully saturated rings. The fraction of sp³-hybridized carbons (Fsp3) is 0.222. The zero-order valence-corrected chi connectivity index (χ0v) is 17.9. The molecule has 4 nitrogen and oxygen atoms in total. The molecule has 1 heterocycles. The van der Waals surface area contributed by atoms with E-state index in [1.807, 2.05) is 98.8 Å². The number of ether oxygens (including phenoxy) is 2. The van der Waals surface area contributed by atoms with Crippen LogP contribution in [0.4, 0.5) is 0 Å². The molecule has 4 heteroatoms. The van der Waals surface area contributed by atoms with Gasteiger partial charge in [-0.2, -0.15) is 0 Å². The van der Waals surface area contributed by atoms with Crippen LogP contribution in [0.2, 0.25) is 0 Å². The Morgan fingerprint density at radius 1 is 1.00 bits per heavy atom. The Kier molecular flexibility index (Phi) is 6.37. The van der Waals surface area contributed by atoms with Crippen molar-refractivity contribution >= 4 is 17.6 Å². The summed E-state index contributed by atoms with van der Waals surface area (Å²) in [6.45, 7) is 4.59. The molecule has 158 valence electrons. The summed E-state index contributed by atoms with van der Waals surface area (Å²) >= 11 is 0. The predicted molar refractivity (Wildman–Crippen MR) is 124 cm³/mol. The van der Waals surface area contributed by atoms with Crippen molar-refractivity contribution in [1.82, 2.24) is 5.32 Å². The van der Waals surface area contributed by atoms with E-state index in [2.05, 4.69) is 5.32 Å². The Morgan fingerprint density at radius 3 is 2.45 bits per heavy atom. The maximum absolute atomic E-state index is 13.4. The van der Waals surface area contributed by atoms with Crippen LogP contribution in [0.15, 0.2) is 78.9 Å². The fourth-order valence-corrected chi connectivity index (χ4v) is 3.71. The molecule has 0 saturated heterocycles. The van der Waals surface area contributed by atoms with Gasteiger partial charge in [0.15, 0.2) is 0 Å². The summed E-state index contributed by atoms with van der Waals surface area (Å²) in [6.07, 6.45) is 2.79. The number of benzene rings is 3. The molecular weight excluding hydrogens is 386 g/mol. The van der Waals surface area contributed by atoms with Gasteiger partial charge in [-0.1, -0.05) is 60.7 Å². The van der Waals surface area contributed by atoms with Gasteiger partial charge in [-0.15, -0.1) is 0 Å². The van der Waals surface area contributed by atoms with Crippen molar-refractivity contribution in [1.29, 1.82) is 0 Å². The van der Waals surface area contributed by atoms with Gasteiger partial charge in [-0.3, -0.25) is 4.79 Å². The molecule has 1 atom stereocenters. The highest BCUT2D eigenvalue weighted by atomic mass is 16.5. The Hall–Kier alpha value is -3.53. The molecule has 0 aliphatic carbocycles. The van der Waals surface area contributed by atoms with Crippen LogP contribution in [-0.2, 0) is 4.79 Å². The van der Waals surface area contributed by atoms with Crippen LogP contribution in [-0.4, -0.2) is 18.6 Å². The van der Waals surface area contributed by atoms with E-state index in [4.69, 9.17) is 9.47 Å². The largest absolute Gasteiger partial charge is 0.493 e. The molecule has 3 aromatic carbocycles. The first kappa shape index (κ1) is 20.7. The highest BCUT2D eigenvalue weighted by Gasteiger charge is 2.24. The Bertz CT molecular complexity index is 1060. The third-order valence-electron chi connectivity index (χ3n) is 5.16. The number of fused-ring (bicyclic) bond motifs is 1. The molecule has 3 aromatic rings. The van der Waals surface area contributed by atoms with E-state index in [1.54, 1.807) is 0 Å². The minimum Gasteiger partial charge on any atom is -0.493 e. The standard InChI is InChI=1S/C27H27NO3/c1-19(2)31-22-14-12-20(13-15-22)18-24(21-8-4-3-5-9-21)27(29)28-25-16-17-30-26-11-7-6-10-23(25)26/h3-15,18-19,25H,16-17H2,1-2H3,(H,28,29)/b24-18+. The van der Waals surface area contributed by atoms with Crippen LogP contribution in [0, 0.1) is 0 Å². The molecule has 31 heavy (non-hydrogen) atoms. The number of hydrogen-bond acceptors (Lipinski definition) is 3. The van der Waals surface area contributed by atoms with Gasteiger partial charge in [0.1, 0.15) is 11.5 Å². The molecular formula is C27H27NO3. The van der Waals surface area contributed by atoms with E-state index < -0.39 is 0 Å². The molecule has 0 radical (unpaired) electrons. The minimum absolute atomic E-state index is 0.0774. The van der Waals surface area contributed by atoms with Crippen molar-refractivity contribution in [3.63, 3.8) is 0 Å². The number of carbonyl (C=O) groups is 1. The number of amides is 1. The fourth-order valence-electron chi connectivity index (χ4n) is 3.71. The minimum atomic E-state index is -0.101. The third-order valence-corrected chi connectivity index (χ3v) is 5.16. The summed E-state index contributed by atoms with van der Waals surface area (Å²) in [7, 11) is 0. The first-order chi connectivity index (χ1) is 15.1. The van der Waals surface area contributed by atoms with Gasteiger partial charge in [0.05, 0.1) is 18.8 Å². The highest BCUT2D eigenvalue weighted by molar-refractivity contribution is 6.24. The van der Waals surface area contributed by atoms with E-state index in [0.717, 1.165) is 34.6 Å². The van der Waals surface area contributed by atoms with Gasteiger partial charge in [0.25, 0.3) is 5.91 Å². The first-order valence-corrected chi connectivity index (χ1v) is 10.7. The lowest BCUT2D eigenvalue weighted by Gasteiger charge is -2.27. The number of hydrogen-bond donors (Lipinski definition) is 1. The second-order valence-electron chi connectivity index (χ2n) is 7.86. The molecule has 0 aromatic heterocycles. The lowest BCUT2D eigenvalue weighted by molar-refractivity contribution is -0.116. The second-order valence-corrected chi connectivity index (χ2v) is 7.86. The molecule has 0 saturated carbocycles. The second kappa shape index (κ2) is 9.52. The van der Waals surface area contributed by atoms with Crippen molar-refractivity contribution in [2.75, 3.05) is 6.61 Å². The molecule has 1 unspecified atom stereocenters. The van der Waals surface area contributed by atoms with Gasteiger partial charge in [-0.05, 0) is 49.2 Å². The van der Waals surface area contributed by atoms with Crippen LogP contribution >= 0.6 is 0 Å². The summed E-state index contributed by atoms with van der Waals surface area (Å²) in [5.74, 6) is 1.55. The number of para-hydroxylation sites is 1. The van der Waals surface area contributed by atoms with Crippen molar-refractivity contribution < 1.29 is 14.3 Å². The van der Waals surface area contributed by atoms with Crippen molar-refractivity contribution in [3.8, 4) is 11.5 Å². The summed E-state index contributed by atoms with van der Waals surface area (Å²) in [5, 5.41) is 3.22. The van der Waals surface area contributed by atoms with Crippen LogP contribution in [0.3, 0.4) is 0 Å². The average Bonchev–Trinajstić information content (AvgIpc) is 2.79. The summed E-state index contributed by atoms with van der Waals surface area (Å²) < 4.78 is 11.5. The van der Waals surface area contributed by atoms with Gasteiger partial charge in [-0.25, -0.2) is 0 Å². The van der Waals surface area contributed by atoms with Gasteiger partial charge in [0, 0.05) is 17.6 Å². The van der Waals surface area contributed by atoms with Crippen molar-refractivity contribution in [2.24, 2.45) is 0 Å². The monoisotopic (exact) mass is 413 g/mol. The molecule has 0 bridgehead atoms. The molecule has 4 rings (SSSR count). The van der Waals surface area contributed by atoms with E-state index >= 15 is 0 Å². The average molecular weight is 414 g/mol. The lowest BCUT2D eigenvalue weighted by Crippen LogP contribution is -2.32. The normalized spacial score (nSPS) is 15.7. The first-order valence-electron chi connectivity index (χ1n) is 10.7. The van der Waals surface area contributed by atoms with E-state index in [1.165, 1.54) is 0 Å². The van der Waals surface area contributed by atoms with Crippen LogP contribution in [0.1, 0.15) is 43.0 Å². The number of carbonyl (C=O) groups excluding carboxylic acids is 1. The van der Waals surface area contributed by atoms with Crippen LogP contribution < -0.4 is 14.8 Å². The Balaban J connectivity index is 1.62. The maximum atomic E-state index is 13.4. The number of rotatable bonds is 6. The van der Waals surface area contributed by atoms with Crippen LogP contribution in [0.25, 0.3) is 11.6 Å². The van der Waals surface area contributed by atoms with Crippen LogP contribution in [0.5, 0.6) is 11.5 Å². The summed E-state index contributed by atoms with van der Waals surface area (Å²) in [5.41, 5.74) is 3.46. The molecule has 1 aliphatic rings. The van der Waals surface area contributed by atoms with E-state index in [9.17, 15) is 4.79 Å². The zero-order valence-electron chi connectivity index (χ0n) is 17.9. The van der Waals surface area contributed by atoms with Gasteiger partial charge >= 0.3 is 0 Å². The Labute approximate surface area is 183 Å². The molecule has 1 amide bonds. The molecule has 1 N–H and O–H groups in total. The summed E-state index contributed by atoms with van der Waals surface area (Å²) in [6, 6.07) is 25.4. The van der Waals surface area contributed by atoms with E-state index in [0.29, 0.717) is 12.2 Å². The van der Waals surface area contributed by atoms with Crippen molar-refractivity contribution in [2.45, 2.75) is 32.4 Å². The summed E-state index contributed by atoms with van der Waals surface area (Å²) in [4.78, 5) is 13.4. The maximum Gasteiger partial charge on any atom is 0.252 e. The zero-order chi connectivity index (χ0) is 21.6. The highest BCUT2D eigenvalue weighted by Crippen LogP contribution is 2.32. The topological polar surface area (TPSA) is 47.6 Å². The quantitative estimate of drug-likeness (QED) is 0.419. The van der Waals surface area contributed by atoms with E-state index in [-0.39, 0.29) is 18.1 Å². The van der Waals surface area contributed by atoms with Crippen molar-refractivity contribution in [3.05, 3.63) is 95.6 Å².